The molecule has 0 radical (unpaired) electrons. The third kappa shape index (κ3) is 3.95. The Bertz CT molecular complexity index is 1030. The van der Waals surface area contributed by atoms with E-state index in [9.17, 15) is 9.59 Å². The monoisotopic (exact) mass is 424 g/mol. The van der Waals surface area contributed by atoms with E-state index in [2.05, 4.69) is 21.9 Å². The van der Waals surface area contributed by atoms with Crippen molar-refractivity contribution in [3.05, 3.63) is 64.1 Å². The van der Waals surface area contributed by atoms with Gasteiger partial charge >= 0.3 is 12.0 Å². The van der Waals surface area contributed by atoms with Crippen molar-refractivity contribution in [2.24, 2.45) is 0 Å². The highest BCUT2D eigenvalue weighted by Crippen LogP contribution is 2.33. The summed E-state index contributed by atoms with van der Waals surface area (Å²) in [6.07, 6.45) is 3.51. The van der Waals surface area contributed by atoms with E-state index in [1.54, 1.807) is 22.9 Å². The zero-order chi connectivity index (χ0) is 21.1. The van der Waals surface area contributed by atoms with Crippen LogP contribution in [0.25, 0.3) is 5.69 Å². The van der Waals surface area contributed by atoms with Crippen molar-refractivity contribution in [1.29, 1.82) is 0 Å². The van der Waals surface area contributed by atoms with Crippen LogP contribution in [0.2, 0.25) is 0 Å². The maximum Gasteiger partial charge on any atom is 0.341 e. The summed E-state index contributed by atoms with van der Waals surface area (Å²) in [4.78, 5) is 26.7. The highest BCUT2D eigenvalue weighted by atomic mass is 32.1. The summed E-state index contributed by atoms with van der Waals surface area (Å²) in [5.74, 6) is -0.379. The number of likely N-dealkylation sites (tertiary alicyclic amines) is 1. The van der Waals surface area contributed by atoms with Crippen molar-refractivity contribution in [3.63, 3.8) is 0 Å². The normalized spacial score (nSPS) is 15.9. The second kappa shape index (κ2) is 8.71. The smallest absolute Gasteiger partial charge is 0.341 e. The molecular weight excluding hydrogens is 400 g/mol. The summed E-state index contributed by atoms with van der Waals surface area (Å²) in [5, 5.41) is 11.5. The Balaban J connectivity index is 1.45. The minimum absolute atomic E-state index is 0.0867. The molecule has 1 aliphatic rings. The van der Waals surface area contributed by atoms with Gasteiger partial charge in [-0.1, -0.05) is 0 Å². The van der Waals surface area contributed by atoms with Gasteiger partial charge in [0.1, 0.15) is 5.56 Å². The fraction of sp³-hybridized carbons (Fsp3) is 0.318. The number of hydrogen-bond acceptors (Lipinski definition) is 5. The molecule has 2 amide bonds. The van der Waals surface area contributed by atoms with E-state index in [1.807, 2.05) is 41.5 Å². The molecule has 4 rings (SSSR count). The summed E-state index contributed by atoms with van der Waals surface area (Å²) < 4.78 is 6.75. The van der Waals surface area contributed by atoms with Crippen molar-refractivity contribution in [1.82, 2.24) is 14.7 Å². The quantitative estimate of drug-likeness (QED) is 0.598. The lowest BCUT2D eigenvalue weighted by molar-refractivity contribution is 0.0525. The molecule has 7 nitrogen and oxygen atoms in total. The Labute approximate surface area is 179 Å². The molecule has 8 heteroatoms. The predicted octanol–water partition coefficient (Wildman–Crippen LogP) is 4.79. The van der Waals surface area contributed by atoms with Crippen LogP contribution in [0.4, 0.5) is 10.5 Å². The second-order valence-electron chi connectivity index (χ2n) is 7.16. The molecule has 3 heterocycles. The molecule has 2 aromatic heterocycles. The van der Waals surface area contributed by atoms with E-state index >= 15 is 0 Å². The minimum Gasteiger partial charge on any atom is -0.462 e. The molecule has 30 heavy (non-hydrogen) atoms. The average Bonchev–Trinajstić information content (AvgIpc) is 3.49. The van der Waals surface area contributed by atoms with Crippen LogP contribution in [0.1, 0.15) is 47.4 Å². The fourth-order valence-electron chi connectivity index (χ4n) is 3.78. The zero-order valence-electron chi connectivity index (χ0n) is 17.0. The Morgan fingerprint density at radius 3 is 2.77 bits per heavy atom. The van der Waals surface area contributed by atoms with Crippen molar-refractivity contribution >= 4 is 29.0 Å². The van der Waals surface area contributed by atoms with Gasteiger partial charge in [-0.05, 0) is 73.3 Å². The lowest BCUT2D eigenvalue weighted by Crippen LogP contribution is -2.34. The highest BCUT2D eigenvalue weighted by Gasteiger charge is 2.30. The van der Waals surface area contributed by atoms with Gasteiger partial charge in [-0.25, -0.2) is 14.3 Å². The first-order chi connectivity index (χ1) is 14.6. The molecule has 156 valence electrons. The first-order valence-corrected chi connectivity index (χ1v) is 10.9. The van der Waals surface area contributed by atoms with Crippen LogP contribution < -0.4 is 5.32 Å². The first-order valence-electron chi connectivity index (χ1n) is 10.0. The van der Waals surface area contributed by atoms with Gasteiger partial charge in [0.25, 0.3) is 0 Å². The number of nitrogens with one attached hydrogen (secondary N) is 1. The zero-order valence-corrected chi connectivity index (χ0v) is 17.8. The number of ether oxygens (including phenoxy) is 1. The summed E-state index contributed by atoms with van der Waals surface area (Å²) in [6.45, 7) is 4.68. The van der Waals surface area contributed by atoms with Gasteiger partial charge in [0, 0.05) is 12.2 Å². The molecule has 1 aliphatic heterocycles. The Hall–Kier alpha value is -3.13. The fourth-order valence-corrected chi connectivity index (χ4v) is 4.49. The van der Waals surface area contributed by atoms with Gasteiger partial charge in [-0.2, -0.15) is 16.4 Å². The molecule has 1 atom stereocenters. The third-order valence-electron chi connectivity index (χ3n) is 5.31. The van der Waals surface area contributed by atoms with Crippen LogP contribution in [0, 0.1) is 6.92 Å². The van der Waals surface area contributed by atoms with Crippen LogP contribution in [-0.2, 0) is 4.74 Å². The molecule has 1 saturated heterocycles. The molecule has 0 saturated carbocycles. The van der Waals surface area contributed by atoms with E-state index in [0.717, 1.165) is 30.8 Å². The Morgan fingerprint density at radius 2 is 2.07 bits per heavy atom. The summed E-state index contributed by atoms with van der Waals surface area (Å²) in [5.41, 5.74) is 3.88. The standard InChI is InChI=1S/C22H24N4O3S/c1-3-29-21(27)19-13-23-26(15(19)2)18-8-6-17(7-9-18)24-22(28)25-11-4-5-20(25)16-10-12-30-14-16/h6-10,12-14,20H,3-5,11H2,1-2H3,(H,24,28)/t20-/m1/s1. The first kappa shape index (κ1) is 20.2. The largest absolute Gasteiger partial charge is 0.462 e. The number of carbonyl (C=O) groups is 2. The van der Waals surface area contributed by atoms with Gasteiger partial charge in [-0.3, -0.25) is 0 Å². The van der Waals surface area contributed by atoms with Gasteiger partial charge in [0.15, 0.2) is 0 Å². The van der Waals surface area contributed by atoms with Crippen LogP contribution >= 0.6 is 11.3 Å². The molecule has 1 fully saturated rings. The van der Waals surface area contributed by atoms with Crippen LogP contribution in [-0.4, -0.2) is 39.8 Å². The topological polar surface area (TPSA) is 76.5 Å². The van der Waals surface area contributed by atoms with Crippen molar-refractivity contribution in [3.8, 4) is 5.69 Å². The SMILES string of the molecule is CCOC(=O)c1cnn(-c2ccc(NC(=O)N3CCC[C@@H]3c3ccsc3)cc2)c1C. The maximum atomic E-state index is 12.8. The number of rotatable bonds is 5. The van der Waals surface area contributed by atoms with Crippen LogP contribution in [0.3, 0.4) is 0 Å². The Morgan fingerprint density at radius 1 is 1.27 bits per heavy atom. The van der Waals surface area contributed by atoms with E-state index in [1.165, 1.54) is 11.8 Å². The number of esters is 1. The number of amides is 2. The molecule has 0 unspecified atom stereocenters. The lowest BCUT2D eigenvalue weighted by atomic mass is 10.1. The lowest BCUT2D eigenvalue weighted by Gasteiger charge is -2.24. The van der Waals surface area contributed by atoms with Gasteiger partial charge in [-0.15, -0.1) is 0 Å². The highest BCUT2D eigenvalue weighted by molar-refractivity contribution is 7.08. The van der Waals surface area contributed by atoms with Crippen LogP contribution in [0.15, 0.2) is 47.3 Å². The molecular formula is C22H24N4O3S. The third-order valence-corrected chi connectivity index (χ3v) is 6.01. The number of thiophene rings is 1. The molecule has 0 aliphatic carbocycles. The molecule has 0 bridgehead atoms. The number of carbonyl (C=O) groups excluding carboxylic acids is 2. The van der Waals surface area contributed by atoms with Crippen LogP contribution in [0.5, 0.6) is 0 Å². The molecule has 0 spiro atoms. The maximum absolute atomic E-state index is 12.8. The number of anilines is 1. The number of nitrogens with zero attached hydrogens (tertiary/aromatic N) is 3. The van der Waals surface area contributed by atoms with E-state index in [0.29, 0.717) is 17.9 Å². The average molecular weight is 425 g/mol. The van der Waals surface area contributed by atoms with Gasteiger partial charge < -0.3 is 15.0 Å². The van der Waals surface area contributed by atoms with E-state index in [-0.39, 0.29) is 18.0 Å². The molecule has 1 N–H and O–H groups in total. The number of aromatic nitrogens is 2. The number of hydrogen-bond donors (Lipinski definition) is 1. The van der Waals surface area contributed by atoms with Gasteiger partial charge in [0.05, 0.1) is 30.2 Å². The van der Waals surface area contributed by atoms with E-state index in [4.69, 9.17) is 4.74 Å². The second-order valence-corrected chi connectivity index (χ2v) is 7.94. The number of urea groups is 1. The summed E-state index contributed by atoms with van der Waals surface area (Å²) in [7, 11) is 0. The van der Waals surface area contributed by atoms with Gasteiger partial charge in [0.2, 0.25) is 0 Å². The summed E-state index contributed by atoms with van der Waals surface area (Å²) >= 11 is 1.66. The Kier molecular flexibility index (Phi) is 5.85. The van der Waals surface area contributed by atoms with Crippen molar-refractivity contribution in [2.45, 2.75) is 32.7 Å². The van der Waals surface area contributed by atoms with E-state index < -0.39 is 0 Å². The van der Waals surface area contributed by atoms with Crippen molar-refractivity contribution in [2.75, 3.05) is 18.5 Å². The molecule has 1 aromatic carbocycles. The number of benzene rings is 1. The molecule has 3 aromatic rings. The minimum atomic E-state index is -0.379. The predicted molar refractivity (Wildman–Crippen MR) is 116 cm³/mol. The summed E-state index contributed by atoms with van der Waals surface area (Å²) in [6, 6.07) is 9.56. The van der Waals surface area contributed by atoms with Crippen molar-refractivity contribution < 1.29 is 14.3 Å².